The van der Waals surface area contributed by atoms with Gasteiger partial charge >= 0.3 is 0 Å². The number of nitriles is 1. The first-order valence-electron chi connectivity index (χ1n) is 8.29. The van der Waals surface area contributed by atoms with Gasteiger partial charge in [0.25, 0.3) is 0 Å². The highest BCUT2D eigenvalue weighted by Crippen LogP contribution is 2.32. The Kier molecular flexibility index (Phi) is 4.58. The van der Waals surface area contributed by atoms with Gasteiger partial charge in [-0.2, -0.15) is 5.26 Å². The molecule has 5 nitrogen and oxygen atoms in total. The molecule has 0 bridgehead atoms. The largest absolute Gasteiger partial charge is 0.317 e. The Labute approximate surface area is 148 Å². The number of hydrogen-bond donors (Lipinski definition) is 2. The fourth-order valence-corrected chi connectivity index (χ4v) is 3.24. The molecule has 1 unspecified atom stereocenters. The Balaban J connectivity index is 1.96. The van der Waals surface area contributed by atoms with Gasteiger partial charge in [-0.05, 0) is 35.2 Å². The summed E-state index contributed by atoms with van der Waals surface area (Å²) >= 11 is 0. The third-order valence-corrected chi connectivity index (χ3v) is 4.83. The van der Waals surface area contributed by atoms with Crippen LogP contribution in [0.4, 0.5) is 0 Å². The van der Waals surface area contributed by atoms with E-state index in [9.17, 15) is 4.79 Å². The molecule has 2 aromatic rings. The molecule has 0 spiro atoms. The molecule has 1 amide bonds. The first-order valence-corrected chi connectivity index (χ1v) is 8.29. The minimum atomic E-state index is -0.511. The van der Waals surface area contributed by atoms with Crippen LogP contribution >= 0.6 is 0 Å². The van der Waals surface area contributed by atoms with Gasteiger partial charge < -0.3 is 4.90 Å². The average Bonchev–Trinajstić information content (AvgIpc) is 2.60. The minimum absolute atomic E-state index is 0.0233. The lowest BCUT2D eigenvalue weighted by Gasteiger charge is -2.43. The van der Waals surface area contributed by atoms with Gasteiger partial charge in [0.2, 0.25) is 5.91 Å². The smallest absolute Gasteiger partial charge is 0.226 e. The Morgan fingerprint density at radius 2 is 1.96 bits per heavy atom. The van der Waals surface area contributed by atoms with Crippen LogP contribution in [0.25, 0.3) is 11.1 Å². The number of nitrogens with two attached hydrogens (primary N) is 1. The maximum Gasteiger partial charge on any atom is 0.226 e. The number of nitrogens with zero attached hydrogens (tertiary/aromatic N) is 2. The van der Waals surface area contributed by atoms with E-state index in [1.165, 1.54) is 4.90 Å². The molecule has 1 aliphatic heterocycles. The van der Waals surface area contributed by atoms with E-state index < -0.39 is 11.8 Å². The zero-order valence-electron chi connectivity index (χ0n) is 14.5. The molecule has 2 aromatic carbocycles. The fraction of sp³-hybridized carbons (Fsp3) is 0.300. The van der Waals surface area contributed by atoms with E-state index in [4.69, 9.17) is 11.0 Å². The number of benzene rings is 2. The second kappa shape index (κ2) is 6.67. The molecule has 0 saturated carbocycles. The molecule has 25 heavy (non-hydrogen) atoms. The molecule has 1 fully saturated rings. The molecule has 1 saturated heterocycles. The lowest BCUT2D eigenvalue weighted by molar-refractivity contribution is -0.139. The monoisotopic (exact) mass is 334 g/mol. The number of carbonyl (C=O) groups is 1. The maximum absolute atomic E-state index is 12.2. The van der Waals surface area contributed by atoms with Crippen LogP contribution in [0.1, 0.15) is 24.5 Å². The molecule has 0 aromatic heterocycles. The zero-order chi connectivity index (χ0) is 18.0. The van der Waals surface area contributed by atoms with Crippen LogP contribution in [0.15, 0.2) is 48.5 Å². The van der Waals surface area contributed by atoms with Crippen molar-refractivity contribution in [3.63, 3.8) is 0 Å². The van der Waals surface area contributed by atoms with E-state index in [2.05, 4.69) is 17.5 Å². The number of rotatable bonds is 3. The summed E-state index contributed by atoms with van der Waals surface area (Å²) in [7, 11) is 1.71. The van der Waals surface area contributed by atoms with Gasteiger partial charge in [-0.3, -0.25) is 15.8 Å². The maximum atomic E-state index is 12.2. The van der Waals surface area contributed by atoms with Crippen molar-refractivity contribution in [1.82, 2.24) is 10.2 Å². The van der Waals surface area contributed by atoms with Crippen LogP contribution < -0.4 is 11.1 Å². The first-order chi connectivity index (χ1) is 11.9. The molecule has 3 rings (SSSR count). The highest BCUT2D eigenvalue weighted by Gasteiger charge is 2.38. The Bertz CT molecular complexity index is 842. The van der Waals surface area contributed by atoms with Gasteiger partial charge in [-0.15, -0.1) is 0 Å². The van der Waals surface area contributed by atoms with E-state index in [-0.39, 0.29) is 5.91 Å². The van der Waals surface area contributed by atoms with Crippen LogP contribution in [0, 0.1) is 11.3 Å². The highest BCUT2D eigenvalue weighted by atomic mass is 16.2. The Morgan fingerprint density at radius 1 is 1.28 bits per heavy atom. The molecular formula is C20H22N4O. The van der Waals surface area contributed by atoms with Crippen molar-refractivity contribution >= 4 is 5.91 Å². The lowest BCUT2D eigenvalue weighted by atomic mass is 9.85. The predicted molar refractivity (Wildman–Crippen MR) is 97.0 cm³/mol. The topological polar surface area (TPSA) is 82.2 Å². The van der Waals surface area contributed by atoms with Crippen LogP contribution in [0.5, 0.6) is 0 Å². The summed E-state index contributed by atoms with van der Waals surface area (Å²) in [6.45, 7) is 2.00. The predicted octanol–water partition coefficient (Wildman–Crippen LogP) is 2.33. The summed E-state index contributed by atoms with van der Waals surface area (Å²) in [6.07, 6.45) is 0.242. The quantitative estimate of drug-likeness (QED) is 0.902. The van der Waals surface area contributed by atoms with Crippen molar-refractivity contribution in [3.05, 3.63) is 59.7 Å². The lowest BCUT2D eigenvalue weighted by Crippen LogP contribution is -2.64. The molecule has 3 N–H and O–H groups in total. The molecular weight excluding hydrogens is 312 g/mol. The van der Waals surface area contributed by atoms with E-state index in [0.29, 0.717) is 12.8 Å². The SMILES string of the molecule is CN1C(=O)C[C@@](C)(c2cccc(-c3cccc(CC#N)c3)c2)NC1N. The summed E-state index contributed by atoms with van der Waals surface area (Å²) in [5.41, 5.74) is 9.66. The van der Waals surface area contributed by atoms with Gasteiger partial charge in [0, 0.05) is 13.5 Å². The van der Waals surface area contributed by atoms with Crippen molar-refractivity contribution < 1.29 is 4.79 Å². The third kappa shape index (κ3) is 3.41. The molecule has 1 heterocycles. The van der Waals surface area contributed by atoms with E-state index >= 15 is 0 Å². The standard InChI is InChI=1S/C20H22N4O/c1-20(13-18(25)24(2)19(22)23-20)17-8-4-7-16(12-17)15-6-3-5-14(11-15)9-10-21/h3-8,11-12,19,23H,9,13,22H2,1-2H3/t19?,20-/m0/s1. The van der Waals surface area contributed by atoms with Gasteiger partial charge in [0.15, 0.2) is 0 Å². The summed E-state index contributed by atoms with van der Waals surface area (Å²) < 4.78 is 0. The number of carbonyl (C=O) groups excluding carboxylic acids is 1. The molecule has 0 radical (unpaired) electrons. The fourth-order valence-electron chi connectivity index (χ4n) is 3.24. The van der Waals surface area contributed by atoms with Gasteiger partial charge in [0.05, 0.1) is 18.0 Å². The van der Waals surface area contributed by atoms with Gasteiger partial charge in [0.1, 0.15) is 6.29 Å². The van der Waals surface area contributed by atoms with Crippen LogP contribution in [-0.4, -0.2) is 24.1 Å². The summed E-state index contributed by atoms with van der Waals surface area (Å²) in [4.78, 5) is 13.8. The second-order valence-electron chi connectivity index (χ2n) is 6.72. The molecule has 0 aliphatic carbocycles. The van der Waals surface area contributed by atoms with Crippen molar-refractivity contribution in [2.75, 3.05) is 7.05 Å². The minimum Gasteiger partial charge on any atom is -0.317 e. The number of amides is 1. The van der Waals surface area contributed by atoms with Crippen molar-refractivity contribution in [2.24, 2.45) is 5.73 Å². The summed E-state index contributed by atoms with van der Waals surface area (Å²) in [6, 6.07) is 18.3. The van der Waals surface area contributed by atoms with Crippen LogP contribution in [0.3, 0.4) is 0 Å². The second-order valence-corrected chi connectivity index (χ2v) is 6.72. The number of hydrogen-bond acceptors (Lipinski definition) is 4. The van der Waals surface area contributed by atoms with E-state index in [0.717, 1.165) is 22.3 Å². The van der Waals surface area contributed by atoms with E-state index in [1.807, 2.05) is 49.4 Å². The normalized spacial score (nSPS) is 23.4. The average molecular weight is 334 g/mol. The van der Waals surface area contributed by atoms with Gasteiger partial charge in [-0.25, -0.2) is 0 Å². The molecule has 2 atom stereocenters. The van der Waals surface area contributed by atoms with Crippen LogP contribution in [-0.2, 0) is 16.8 Å². The molecule has 5 heteroatoms. The van der Waals surface area contributed by atoms with E-state index in [1.54, 1.807) is 7.05 Å². The van der Waals surface area contributed by atoms with Crippen molar-refractivity contribution in [3.8, 4) is 17.2 Å². The molecule has 128 valence electrons. The zero-order valence-corrected chi connectivity index (χ0v) is 14.5. The van der Waals surface area contributed by atoms with Crippen LogP contribution in [0.2, 0.25) is 0 Å². The van der Waals surface area contributed by atoms with Crippen molar-refractivity contribution in [1.29, 1.82) is 5.26 Å². The summed E-state index contributed by atoms with van der Waals surface area (Å²) in [5.74, 6) is 0.0233. The molecule has 1 aliphatic rings. The Hall–Kier alpha value is -2.68. The first kappa shape index (κ1) is 17.2. The third-order valence-electron chi connectivity index (χ3n) is 4.83. The van der Waals surface area contributed by atoms with Gasteiger partial charge in [-0.1, -0.05) is 42.5 Å². The van der Waals surface area contributed by atoms with Crippen molar-refractivity contribution in [2.45, 2.75) is 31.6 Å². The summed E-state index contributed by atoms with van der Waals surface area (Å²) in [5, 5.41) is 12.2. The number of nitrogens with one attached hydrogen (secondary N) is 1. The highest BCUT2D eigenvalue weighted by molar-refractivity contribution is 5.79. The Morgan fingerprint density at radius 3 is 2.64 bits per heavy atom.